The zero-order valence-electron chi connectivity index (χ0n) is 11.4. The highest BCUT2D eigenvalue weighted by Gasteiger charge is 2.24. The molecule has 1 atom stereocenters. The molecule has 8 heteroatoms. The molecule has 0 aromatic heterocycles. The number of carbonyl (C=O) groups is 1. The Morgan fingerprint density at radius 2 is 2.14 bits per heavy atom. The fourth-order valence-corrected chi connectivity index (χ4v) is 1.84. The summed E-state index contributed by atoms with van der Waals surface area (Å²) in [7, 11) is 0. The second-order valence-electron chi connectivity index (χ2n) is 4.54. The number of amides is 1. The van der Waals surface area contributed by atoms with E-state index in [4.69, 9.17) is 5.11 Å². The van der Waals surface area contributed by atoms with E-state index in [0.29, 0.717) is 25.0 Å². The Balaban J connectivity index is 2.90. The van der Waals surface area contributed by atoms with Gasteiger partial charge in [0, 0.05) is 13.2 Å². The molecule has 116 valence electrons. The van der Waals surface area contributed by atoms with Crippen molar-refractivity contribution in [3.8, 4) is 0 Å². The van der Waals surface area contributed by atoms with Gasteiger partial charge in [-0.25, -0.2) is 4.39 Å². The third-order valence-corrected chi connectivity index (χ3v) is 3.13. The molecule has 0 spiro atoms. The van der Waals surface area contributed by atoms with Crippen molar-refractivity contribution in [3.05, 3.63) is 39.4 Å². The number of rotatable bonds is 7. The number of aliphatic hydroxyl groups is 1. The summed E-state index contributed by atoms with van der Waals surface area (Å²) >= 11 is 0. The Kier molecular flexibility index (Phi) is 6.16. The van der Waals surface area contributed by atoms with Crippen molar-refractivity contribution in [2.45, 2.75) is 19.8 Å². The van der Waals surface area contributed by atoms with Gasteiger partial charge in [-0.15, -0.1) is 0 Å². The zero-order chi connectivity index (χ0) is 16.0. The maximum Gasteiger partial charge on any atom is 0.308 e. The number of halogens is 2. The minimum absolute atomic E-state index is 0.00874. The van der Waals surface area contributed by atoms with Crippen molar-refractivity contribution >= 4 is 11.6 Å². The summed E-state index contributed by atoms with van der Waals surface area (Å²) in [5.41, 5.74) is -1.79. The highest BCUT2D eigenvalue weighted by atomic mass is 19.1. The van der Waals surface area contributed by atoms with Gasteiger partial charge >= 0.3 is 5.69 Å². The first-order chi connectivity index (χ1) is 9.90. The molecule has 0 aliphatic carbocycles. The number of aliphatic hydroxyl groups excluding tert-OH is 1. The maximum atomic E-state index is 13.8. The van der Waals surface area contributed by atoms with E-state index in [-0.39, 0.29) is 19.1 Å². The summed E-state index contributed by atoms with van der Waals surface area (Å²) in [6, 6.07) is 1.04. The van der Waals surface area contributed by atoms with Gasteiger partial charge in [-0.1, -0.05) is 13.3 Å². The Hall–Kier alpha value is -2.09. The Labute approximate surface area is 119 Å². The number of hydrogen-bond acceptors (Lipinski definition) is 4. The molecule has 1 aromatic carbocycles. The Bertz CT molecular complexity index is 537. The Morgan fingerprint density at radius 3 is 2.67 bits per heavy atom. The fraction of sp³-hybridized carbons (Fsp3) is 0.462. The van der Waals surface area contributed by atoms with Crippen LogP contribution in [0.1, 0.15) is 30.1 Å². The molecule has 0 aliphatic rings. The molecule has 0 saturated carbocycles. The van der Waals surface area contributed by atoms with E-state index in [9.17, 15) is 23.7 Å². The lowest BCUT2D eigenvalue weighted by atomic mass is 10.0. The predicted octanol–water partition coefficient (Wildman–Crippen LogP) is 2.01. The van der Waals surface area contributed by atoms with Crippen molar-refractivity contribution < 1.29 is 23.6 Å². The fourth-order valence-electron chi connectivity index (χ4n) is 1.84. The standard InChI is InChI=1S/C13H16F2N2O4/c1-2-8(3-4-18)7-16-13(19)10-5-9(14)6-11(12(10)15)17(20)21/h5-6,8,18H,2-4,7H2,1H3,(H,16,19). The average Bonchev–Trinajstić information content (AvgIpc) is 2.44. The number of carbonyl (C=O) groups excluding carboxylic acids is 1. The first-order valence-corrected chi connectivity index (χ1v) is 6.43. The number of hydrogen-bond donors (Lipinski definition) is 2. The lowest BCUT2D eigenvalue weighted by Crippen LogP contribution is -2.30. The number of benzene rings is 1. The molecule has 0 saturated heterocycles. The number of nitro groups is 1. The molecule has 1 rings (SSSR count). The smallest absolute Gasteiger partial charge is 0.308 e. The Morgan fingerprint density at radius 1 is 1.48 bits per heavy atom. The van der Waals surface area contributed by atoms with Gasteiger partial charge < -0.3 is 10.4 Å². The van der Waals surface area contributed by atoms with Crippen LogP contribution in [0, 0.1) is 27.7 Å². The van der Waals surface area contributed by atoms with E-state index in [1.807, 2.05) is 6.92 Å². The predicted molar refractivity (Wildman–Crippen MR) is 70.8 cm³/mol. The van der Waals surface area contributed by atoms with Gasteiger partial charge in [0.25, 0.3) is 5.91 Å². The van der Waals surface area contributed by atoms with E-state index in [1.54, 1.807) is 0 Å². The van der Waals surface area contributed by atoms with Crippen LogP contribution in [-0.4, -0.2) is 29.1 Å². The van der Waals surface area contributed by atoms with E-state index >= 15 is 0 Å². The van der Waals surface area contributed by atoms with Crippen molar-refractivity contribution in [3.63, 3.8) is 0 Å². The van der Waals surface area contributed by atoms with Gasteiger partial charge in [0.1, 0.15) is 5.82 Å². The van der Waals surface area contributed by atoms with Gasteiger partial charge in [0.05, 0.1) is 16.6 Å². The summed E-state index contributed by atoms with van der Waals surface area (Å²) < 4.78 is 27.0. The van der Waals surface area contributed by atoms with Crippen LogP contribution in [0.3, 0.4) is 0 Å². The minimum atomic E-state index is -1.37. The zero-order valence-corrected chi connectivity index (χ0v) is 11.4. The molecule has 0 fully saturated rings. The molecule has 21 heavy (non-hydrogen) atoms. The summed E-state index contributed by atoms with van der Waals surface area (Å²) in [5.74, 6) is -3.36. The third kappa shape index (κ3) is 4.45. The number of nitro benzene ring substituents is 1. The normalized spacial score (nSPS) is 12.0. The van der Waals surface area contributed by atoms with Gasteiger partial charge in [0.15, 0.2) is 0 Å². The second kappa shape index (κ2) is 7.63. The molecular formula is C13H16F2N2O4. The summed E-state index contributed by atoms with van der Waals surface area (Å²) in [4.78, 5) is 21.3. The van der Waals surface area contributed by atoms with Crippen molar-refractivity contribution in [2.75, 3.05) is 13.2 Å². The molecular weight excluding hydrogens is 286 g/mol. The molecule has 0 heterocycles. The largest absolute Gasteiger partial charge is 0.396 e. The molecule has 0 aliphatic heterocycles. The summed E-state index contributed by atoms with van der Waals surface area (Å²) in [6.07, 6.45) is 1.15. The molecule has 6 nitrogen and oxygen atoms in total. The summed E-state index contributed by atoms with van der Waals surface area (Å²) in [6.45, 7) is 1.98. The van der Waals surface area contributed by atoms with Crippen molar-refractivity contribution in [1.29, 1.82) is 0 Å². The van der Waals surface area contributed by atoms with Crippen LogP contribution < -0.4 is 5.32 Å². The van der Waals surface area contributed by atoms with Crippen molar-refractivity contribution in [1.82, 2.24) is 5.32 Å². The van der Waals surface area contributed by atoms with Crippen LogP contribution in [0.15, 0.2) is 12.1 Å². The monoisotopic (exact) mass is 302 g/mol. The van der Waals surface area contributed by atoms with Gasteiger partial charge in [0.2, 0.25) is 5.82 Å². The van der Waals surface area contributed by atoms with Crippen LogP contribution in [0.5, 0.6) is 0 Å². The lowest BCUT2D eigenvalue weighted by molar-refractivity contribution is -0.387. The highest BCUT2D eigenvalue weighted by Crippen LogP contribution is 2.22. The van der Waals surface area contributed by atoms with Gasteiger partial charge in [-0.3, -0.25) is 14.9 Å². The van der Waals surface area contributed by atoms with Gasteiger partial charge in [-0.2, -0.15) is 4.39 Å². The second-order valence-corrected chi connectivity index (χ2v) is 4.54. The third-order valence-electron chi connectivity index (χ3n) is 3.13. The molecule has 0 bridgehead atoms. The first kappa shape index (κ1) is 17.0. The lowest BCUT2D eigenvalue weighted by Gasteiger charge is -2.14. The molecule has 1 aromatic rings. The van der Waals surface area contributed by atoms with Crippen LogP contribution in [0.4, 0.5) is 14.5 Å². The van der Waals surface area contributed by atoms with E-state index in [2.05, 4.69) is 5.32 Å². The van der Waals surface area contributed by atoms with Crippen molar-refractivity contribution in [2.24, 2.45) is 5.92 Å². The molecule has 1 unspecified atom stereocenters. The van der Waals surface area contributed by atoms with Crippen LogP contribution in [0.25, 0.3) is 0 Å². The maximum absolute atomic E-state index is 13.8. The molecule has 1 amide bonds. The number of nitrogens with one attached hydrogen (secondary N) is 1. The SMILES string of the molecule is CCC(CCO)CNC(=O)c1cc(F)cc([N+](=O)[O-])c1F. The quantitative estimate of drug-likeness (QED) is 0.595. The van der Waals surface area contributed by atoms with Crippen LogP contribution >= 0.6 is 0 Å². The topological polar surface area (TPSA) is 92.5 Å². The molecule has 2 N–H and O–H groups in total. The highest BCUT2D eigenvalue weighted by molar-refractivity contribution is 5.95. The van der Waals surface area contributed by atoms with E-state index in [1.165, 1.54) is 0 Å². The van der Waals surface area contributed by atoms with Crippen LogP contribution in [0.2, 0.25) is 0 Å². The van der Waals surface area contributed by atoms with E-state index in [0.717, 1.165) is 0 Å². The first-order valence-electron chi connectivity index (χ1n) is 6.43. The number of nitrogens with zero attached hydrogens (tertiary/aromatic N) is 1. The van der Waals surface area contributed by atoms with Gasteiger partial charge in [-0.05, 0) is 18.4 Å². The van der Waals surface area contributed by atoms with Crippen LogP contribution in [-0.2, 0) is 0 Å². The minimum Gasteiger partial charge on any atom is -0.396 e. The van der Waals surface area contributed by atoms with E-state index < -0.39 is 33.7 Å². The average molecular weight is 302 g/mol. The summed E-state index contributed by atoms with van der Waals surface area (Å²) in [5, 5.41) is 21.8. The molecule has 0 radical (unpaired) electrons.